The molecule has 4 atom stereocenters. The van der Waals surface area contributed by atoms with E-state index in [1.807, 2.05) is 12.1 Å². The van der Waals surface area contributed by atoms with Crippen LogP contribution in [0.4, 0.5) is 0 Å². The van der Waals surface area contributed by atoms with Crippen LogP contribution in [0.25, 0.3) is 0 Å². The maximum Gasteiger partial charge on any atom is 0.275 e. The van der Waals surface area contributed by atoms with Crippen LogP contribution in [0.15, 0.2) is 18.2 Å². The molecule has 2 fully saturated rings. The molecule has 3 rings (SSSR count). The second-order valence-electron chi connectivity index (χ2n) is 7.82. The van der Waals surface area contributed by atoms with Crippen LogP contribution in [0.2, 0.25) is 0 Å². The van der Waals surface area contributed by atoms with Gasteiger partial charge in [0.05, 0.1) is 26.3 Å². The fraction of sp³-hybridized carbons (Fsp3) is 0.667. The Kier molecular flexibility index (Phi) is 6.41. The highest BCUT2D eigenvalue weighted by Gasteiger charge is 2.34. The lowest BCUT2D eigenvalue weighted by Gasteiger charge is -2.30. The van der Waals surface area contributed by atoms with E-state index < -0.39 is 0 Å². The number of carbonyl (C=O) groups excluding carboxylic acids is 1. The van der Waals surface area contributed by atoms with Crippen LogP contribution in [0.3, 0.4) is 0 Å². The Morgan fingerprint density at radius 3 is 2.69 bits per heavy atom. The molecular formula is C21H33N2O3+. The summed E-state index contributed by atoms with van der Waals surface area (Å²) in [6.45, 7) is 3.82. The van der Waals surface area contributed by atoms with Crippen LogP contribution in [0.5, 0.6) is 11.5 Å². The van der Waals surface area contributed by atoms with E-state index in [1.165, 1.54) is 24.2 Å². The van der Waals surface area contributed by atoms with Gasteiger partial charge in [-0.15, -0.1) is 0 Å². The number of nitrogens with one attached hydrogen (secondary N) is 2. The standard InChI is InChI=1S/C21H32N2O3/c1-15-7-4-5-8-18(15)22-21(24)14-23-12-6-9-19(23)17-13-16(25-2)10-11-20(17)26-3/h10-11,13,15,18-19H,4-9,12,14H2,1-3H3,(H,22,24)/p+1/t15-,18-,19+/m0/s1. The fourth-order valence-corrected chi connectivity index (χ4v) is 4.61. The molecule has 1 aliphatic heterocycles. The topological polar surface area (TPSA) is 52.0 Å². The zero-order valence-electron chi connectivity index (χ0n) is 16.3. The molecule has 1 aromatic carbocycles. The van der Waals surface area contributed by atoms with Crippen LogP contribution in [0.1, 0.15) is 57.1 Å². The third kappa shape index (κ3) is 4.32. The molecule has 1 saturated carbocycles. The summed E-state index contributed by atoms with van der Waals surface area (Å²) in [6.07, 6.45) is 7.08. The Bertz CT molecular complexity index is 619. The highest BCUT2D eigenvalue weighted by Crippen LogP contribution is 2.31. The Morgan fingerprint density at radius 2 is 1.96 bits per heavy atom. The number of hydrogen-bond acceptors (Lipinski definition) is 3. The summed E-state index contributed by atoms with van der Waals surface area (Å²) in [4.78, 5) is 14.0. The molecule has 0 aromatic heterocycles. The third-order valence-corrected chi connectivity index (χ3v) is 6.14. The first-order valence-electron chi connectivity index (χ1n) is 9.98. The lowest BCUT2D eigenvalue weighted by molar-refractivity contribution is -0.910. The molecule has 2 N–H and O–H groups in total. The number of carbonyl (C=O) groups is 1. The van der Waals surface area contributed by atoms with Crippen molar-refractivity contribution in [3.8, 4) is 11.5 Å². The number of likely N-dealkylation sites (tertiary alicyclic amines) is 1. The average molecular weight is 362 g/mol. The first-order valence-corrected chi connectivity index (χ1v) is 9.98. The predicted octanol–water partition coefficient (Wildman–Crippen LogP) is 2.12. The Labute approximate surface area is 157 Å². The Hall–Kier alpha value is -1.75. The first kappa shape index (κ1) is 19.0. The van der Waals surface area contributed by atoms with E-state index in [2.05, 4.69) is 18.3 Å². The maximum absolute atomic E-state index is 12.7. The van der Waals surface area contributed by atoms with Crippen molar-refractivity contribution in [2.24, 2.45) is 5.92 Å². The number of rotatable bonds is 6. The summed E-state index contributed by atoms with van der Waals surface area (Å²) in [5.41, 5.74) is 1.15. The molecule has 1 aliphatic carbocycles. The van der Waals surface area contributed by atoms with E-state index >= 15 is 0 Å². The first-order chi connectivity index (χ1) is 12.6. The van der Waals surface area contributed by atoms with Gasteiger partial charge in [0.1, 0.15) is 17.5 Å². The van der Waals surface area contributed by atoms with E-state index in [4.69, 9.17) is 9.47 Å². The largest absolute Gasteiger partial charge is 0.497 e. The van der Waals surface area contributed by atoms with E-state index in [9.17, 15) is 4.79 Å². The van der Waals surface area contributed by atoms with Crippen molar-refractivity contribution in [3.05, 3.63) is 23.8 Å². The van der Waals surface area contributed by atoms with Gasteiger partial charge in [-0.1, -0.05) is 19.8 Å². The zero-order valence-corrected chi connectivity index (χ0v) is 16.3. The molecule has 0 radical (unpaired) electrons. The van der Waals surface area contributed by atoms with Crippen molar-refractivity contribution in [1.82, 2.24) is 5.32 Å². The van der Waals surface area contributed by atoms with Gasteiger partial charge < -0.3 is 19.7 Å². The lowest BCUT2D eigenvalue weighted by Crippen LogP contribution is -3.11. The number of benzene rings is 1. The summed E-state index contributed by atoms with van der Waals surface area (Å²) in [5, 5.41) is 3.30. The molecule has 0 spiro atoms. The van der Waals surface area contributed by atoms with Gasteiger partial charge in [-0.3, -0.25) is 4.79 Å². The minimum atomic E-state index is 0.188. The van der Waals surface area contributed by atoms with Crippen molar-refractivity contribution >= 4 is 5.91 Å². The number of amides is 1. The molecule has 144 valence electrons. The second kappa shape index (κ2) is 8.76. The van der Waals surface area contributed by atoms with Crippen LogP contribution in [-0.4, -0.2) is 39.3 Å². The quantitative estimate of drug-likeness (QED) is 0.816. The van der Waals surface area contributed by atoms with E-state index in [1.54, 1.807) is 14.2 Å². The summed E-state index contributed by atoms with van der Waals surface area (Å²) >= 11 is 0. The molecule has 2 aliphatic rings. The molecule has 1 aromatic rings. The van der Waals surface area contributed by atoms with Crippen molar-refractivity contribution < 1.29 is 19.2 Å². The lowest BCUT2D eigenvalue weighted by atomic mass is 9.86. The van der Waals surface area contributed by atoms with Crippen LogP contribution in [0, 0.1) is 5.92 Å². The van der Waals surface area contributed by atoms with Gasteiger partial charge in [-0.25, -0.2) is 0 Å². The zero-order chi connectivity index (χ0) is 18.5. The summed E-state index contributed by atoms with van der Waals surface area (Å²) in [6, 6.07) is 6.59. The summed E-state index contributed by atoms with van der Waals surface area (Å²) < 4.78 is 11.0. The number of methoxy groups -OCH3 is 2. The van der Waals surface area contributed by atoms with Crippen molar-refractivity contribution in [3.63, 3.8) is 0 Å². The van der Waals surface area contributed by atoms with Crippen molar-refractivity contribution in [1.29, 1.82) is 0 Å². The van der Waals surface area contributed by atoms with E-state index in [-0.39, 0.29) is 11.9 Å². The predicted molar refractivity (Wildman–Crippen MR) is 102 cm³/mol. The van der Waals surface area contributed by atoms with Gasteiger partial charge in [0.2, 0.25) is 0 Å². The van der Waals surface area contributed by atoms with Gasteiger partial charge in [-0.05, 0) is 37.0 Å². The molecule has 1 saturated heterocycles. The molecule has 26 heavy (non-hydrogen) atoms. The average Bonchev–Trinajstić information content (AvgIpc) is 3.10. The molecule has 1 amide bonds. The van der Waals surface area contributed by atoms with Crippen LogP contribution >= 0.6 is 0 Å². The number of hydrogen-bond donors (Lipinski definition) is 2. The highest BCUT2D eigenvalue weighted by molar-refractivity contribution is 5.77. The Balaban J connectivity index is 1.67. The van der Waals surface area contributed by atoms with Crippen LogP contribution in [-0.2, 0) is 4.79 Å². The maximum atomic E-state index is 12.7. The van der Waals surface area contributed by atoms with Gasteiger partial charge >= 0.3 is 0 Å². The third-order valence-electron chi connectivity index (χ3n) is 6.14. The molecule has 5 nitrogen and oxygen atoms in total. The molecule has 1 heterocycles. The number of ether oxygens (including phenoxy) is 2. The summed E-state index contributed by atoms with van der Waals surface area (Å²) in [7, 11) is 3.39. The number of quaternary nitrogens is 1. The van der Waals surface area contributed by atoms with Gasteiger partial charge in [-0.2, -0.15) is 0 Å². The molecule has 5 heteroatoms. The summed E-state index contributed by atoms with van der Waals surface area (Å²) in [5.74, 6) is 2.51. The van der Waals surface area contributed by atoms with Crippen molar-refractivity contribution in [2.45, 2.75) is 57.5 Å². The highest BCUT2D eigenvalue weighted by atomic mass is 16.5. The molecular weight excluding hydrogens is 328 g/mol. The fourth-order valence-electron chi connectivity index (χ4n) is 4.61. The second-order valence-corrected chi connectivity index (χ2v) is 7.82. The molecule has 0 bridgehead atoms. The smallest absolute Gasteiger partial charge is 0.275 e. The van der Waals surface area contributed by atoms with E-state index in [0.717, 1.165) is 42.9 Å². The SMILES string of the molecule is COc1ccc(OC)c([C@H]2CCC[NH+]2CC(=O)N[C@H]2CCCC[C@@H]2C)c1. The van der Waals surface area contributed by atoms with Crippen LogP contribution < -0.4 is 19.7 Å². The van der Waals surface area contributed by atoms with Crippen molar-refractivity contribution in [2.75, 3.05) is 27.3 Å². The minimum absolute atomic E-state index is 0.188. The van der Waals surface area contributed by atoms with Gasteiger partial charge in [0, 0.05) is 18.9 Å². The van der Waals surface area contributed by atoms with E-state index in [0.29, 0.717) is 18.5 Å². The van der Waals surface area contributed by atoms with Gasteiger partial charge in [0.25, 0.3) is 5.91 Å². The monoisotopic (exact) mass is 361 g/mol. The normalized spacial score (nSPS) is 28.6. The van der Waals surface area contributed by atoms with Gasteiger partial charge in [0.15, 0.2) is 6.54 Å². The molecule has 1 unspecified atom stereocenters. The minimum Gasteiger partial charge on any atom is -0.497 e. The Morgan fingerprint density at radius 1 is 1.15 bits per heavy atom.